The number of fused-ring (bicyclic) bond motifs is 1. The van der Waals surface area contributed by atoms with E-state index < -0.39 is 0 Å². The van der Waals surface area contributed by atoms with Crippen LogP contribution in [0.15, 0.2) is 60.0 Å². The topological polar surface area (TPSA) is 76.5 Å². The number of nitrogens with zero attached hydrogens (tertiary/aromatic N) is 3. The molecule has 0 unspecified atom stereocenters. The van der Waals surface area contributed by atoms with Crippen LogP contribution in [0.3, 0.4) is 0 Å². The van der Waals surface area contributed by atoms with E-state index in [1.165, 1.54) is 0 Å². The lowest BCUT2D eigenvalue weighted by atomic mass is 10.2. The molecule has 6 heteroatoms. The largest absolute Gasteiger partial charge is 0.399 e. The number of carbonyl (C=O) groups excluding carboxylic acids is 1. The van der Waals surface area contributed by atoms with Crippen molar-refractivity contribution in [2.24, 2.45) is 12.1 Å². The molecule has 2 heterocycles. The van der Waals surface area contributed by atoms with Crippen molar-refractivity contribution in [3.8, 4) is 0 Å². The third-order valence-electron chi connectivity index (χ3n) is 3.41. The average Bonchev–Trinajstić information content (AvgIpc) is 2.85. The van der Waals surface area contributed by atoms with Gasteiger partial charge < -0.3 is 5.73 Å². The van der Waals surface area contributed by atoms with E-state index in [2.05, 4.69) is 10.5 Å². The van der Waals surface area contributed by atoms with Gasteiger partial charge in [-0.05, 0) is 30.3 Å². The predicted octanol–water partition coefficient (Wildman–Crippen LogP) is 1.11. The second-order valence-electron chi connectivity index (χ2n) is 4.90. The number of hydrogen-bond donors (Lipinski definition) is 2. The van der Waals surface area contributed by atoms with E-state index in [0.29, 0.717) is 11.3 Å². The predicted molar refractivity (Wildman–Crippen MR) is 84.5 cm³/mol. The summed E-state index contributed by atoms with van der Waals surface area (Å²) in [6.45, 7) is 0. The number of nitrogens with one attached hydrogen (secondary N) is 1. The lowest BCUT2D eigenvalue weighted by molar-refractivity contribution is -0.510. The first-order valence-electron chi connectivity index (χ1n) is 6.80. The fourth-order valence-corrected chi connectivity index (χ4v) is 2.18. The number of aryl methyl sites for hydroxylation is 1. The van der Waals surface area contributed by atoms with Crippen LogP contribution < -0.4 is 15.6 Å². The molecule has 1 amide bonds. The molecule has 0 aliphatic carbocycles. The summed E-state index contributed by atoms with van der Waals surface area (Å²) in [6.07, 6.45) is 5.51. The van der Waals surface area contributed by atoms with Gasteiger partial charge in [-0.25, -0.2) is 14.4 Å². The van der Waals surface area contributed by atoms with Gasteiger partial charge in [0.2, 0.25) is 0 Å². The van der Waals surface area contributed by atoms with Gasteiger partial charge in [0.1, 0.15) is 6.20 Å². The number of rotatable bonds is 3. The Morgan fingerprint density at radius 3 is 2.77 bits per heavy atom. The standard InChI is InChI=1S/C16H15N5O/c1-20-14(11-21-9-3-2-4-15(20)21)10-18-19-16(22)12-5-7-13(17)8-6-12/h2-11H,1H3,(H2-,17,19,22)/p+1/b18-10+. The summed E-state index contributed by atoms with van der Waals surface area (Å²) in [5.41, 5.74) is 11.1. The zero-order chi connectivity index (χ0) is 15.5. The van der Waals surface area contributed by atoms with Gasteiger partial charge >= 0.3 is 0 Å². The van der Waals surface area contributed by atoms with E-state index in [1.807, 2.05) is 46.6 Å². The molecule has 0 saturated heterocycles. The molecule has 0 saturated carbocycles. The fourth-order valence-electron chi connectivity index (χ4n) is 2.18. The third-order valence-corrected chi connectivity index (χ3v) is 3.41. The number of hydrazone groups is 1. The second kappa shape index (κ2) is 5.69. The summed E-state index contributed by atoms with van der Waals surface area (Å²) in [5.74, 6) is -0.275. The van der Waals surface area contributed by atoms with Crippen LogP contribution in [0.2, 0.25) is 0 Å². The average molecular weight is 294 g/mol. The van der Waals surface area contributed by atoms with Crippen LogP contribution in [-0.4, -0.2) is 16.7 Å². The van der Waals surface area contributed by atoms with E-state index in [-0.39, 0.29) is 5.91 Å². The minimum atomic E-state index is -0.275. The Morgan fingerprint density at radius 1 is 1.27 bits per heavy atom. The van der Waals surface area contributed by atoms with E-state index in [0.717, 1.165) is 11.3 Å². The highest BCUT2D eigenvalue weighted by Gasteiger charge is 2.11. The molecule has 22 heavy (non-hydrogen) atoms. The summed E-state index contributed by atoms with van der Waals surface area (Å²) in [6, 6.07) is 12.6. The summed E-state index contributed by atoms with van der Waals surface area (Å²) in [5, 5.41) is 4.01. The molecule has 0 spiro atoms. The Morgan fingerprint density at radius 2 is 2.05 bits per heavy atom. The highest BCUT2D eigenvalue weighted by Crippen LogP contribution is 2.05. The Bertz CT molecular complexity index is 849. The van der Waals surface area contributed by atoms with Crippen LogP contribution in [0.25, 0.3) is 5.65 Å². The Balaban J connectivity index is 1.74. The molecular weight excluding hydrogens is 278 g/mol. The first-order chi connectivity index (χ1) is 10.6. The molecule has 2 aromatic heterocycles. The third kappa shape index (κ3) is 2.67. The van der Waals surface area contributed by atoms with Crippen molar-refractivity contribution in [1.29, 1.82) is 0 Å². The molecule has 3 aromatic rings. The number of amides is 1. The Hall–Kier alpha value is -3.15. The summed E-state index contributed by atoms with van der Waals surface area (Å²) >= 11 is 0. The molecular formula is C16H16N5O+. The van der Waals surface area contributed by atoms with Crippen molar-refractivity contribution in [1.82, 2.24) is 9.99 Å². The van der Waals surface area contributed by atoms with Crippen molar-refractivity contribution in [2.45, 2.75) is 0 Å². The molecule has 3 rings (SSSR count). The number of benzene rings is 1. The molecule has 0 radical (unpaired) electrons. The van der Waals surface area contributed by atoms with Gasteiger partial charge in [-0.15, -0.1) is 0 Å². The van der Waals surface area contributed by atoms with Gasteiger partial charge in [-0.3, -0.25) is 4.79 Å². The molecule has 0 bridgehead atoms. The van der Waals surface area contributed by atoms with Crippen LogP contribution in [0.5, 0.6) is 0 Å². The first kappa shape index (κ1) is 13.8. The van der Waals surface area contributed by atoms with Gasteiger partial charge in [-0.2, -0.15) is 5.10 Å². The Labute approximate surface area is 127 Å². The molecule has 0 atom stereocenters. The van der Waals surface area contributed by atoms with Gasteiger partial charge in [0.25, 0.3) is 11.6 Å². The molecule has 110 valence electrons. The van der Waals surface area contributed by atoms with Gasteiger partial charge in [-0.1, -0.05) is 6.07 Å². The molecule has 3 N–H and O–H groups in total. The van der Waals surface area contributed by atoms with E-state index >= 15 is 0 Å². The SMILES string of the molecule is Cn1c(/C=N/NC(=O)c2ccc(N)cc2)c[n+]2ccccc12. The maximum absolute atomic E-state index is 11.9. The van der Waals surface area contributed by atoms with E-state index in [9.17, 15) is 4.79 Å². The minimum absolute atomic E-state index is 0.275. The maximum Gasteiger partial charge on any atom is 0.286 e. The number of anilines is 1. The zero-order valence-corrected chi connectivity index (χ0v) is 12.1. The highest BCUT2D eigenvalue weighted by molar-refractivity contribution is 5.95. The van der Waals surface area contributed by atoms with Crippen LogP contribution in [0, 0.1) is 0 Å². The Kier molecular flexibility index (Phi) is 3.57. The quantitative estimate of drug-likeness (QED) is 0.328. The summed E-state index contributed by atoms with van der Waals surface area (Å²) in [7, 11) is 1.94. The van der Waals surface area contributed by atoms with Crippen molar-refractivity contribution in [2.75, 3.05) is 5.73 Å². The smallest absolute Gasteiger partial charge is 0.286 e. The maximum atomic E-state index is 11.9. The molecule has 1 aromatic carbocycles. The normalized spacial score (nSPS) is 11.1. The van der Waals surface area contributed by atoms with Crippen molar-refractivity contribution < 1.29 is 9.20 Å². The fraction of sp³-hybridized carbons (Fsp3) is 0.0625. The van der Waals surface area contributed by atoms with Crippen molar-refractivity contribution in [3.05, 3.63) is 66.1 Å². The van der Waals surface area contributed by atoms with Gasteiger partial charge in [0.15, 0.2) is 5.69 Å². The molecule has 0 fully saturated rings. The molecule has 0 aliphatic rings. The van der Waals surface area contributed by atoms with Crippen LogP contribution >= 0.6 is 0 Å². The highest BCUT2D eigenvalue weighted by atomic mass is 16.2. The van der Waals surface area contributed by atoms with Gasteiger partial charge in [0, 0.05) is 17.3 Å². The number of nitrogen functional groups attached to an aromatic ring is 1. The number of aromatic nitrogens is 2. The number of carbonyl (C=O) groups is 1. The summed E-state index contributed by atoms with van der Waals surface area (Å²) < 4.78 is 3.97. The van der Waals surface area contributed by atoms with E-state index in [4.69, 9.17) is 5.73 Å². The zero-order valence-electron chi connectivity index (χ0n) is 12.1. The number of imidazole rings is 1. The number of hydrogen-bond acceptors (Lipinski definition) is 3. The minimum Gasteiger partial charge on any atom is -0.399 e. The summed E-state index contributed by atoms with van der Waals surface area (Å²) in [4.78, 5) is 11.9. The van der Waals surface area contributed by atoms with Crippen LogP contribution in [-0.2, 0) is 7.05 Å². The second-order valence-corrected chi connectivity index (χ2v) is 4.90. The van der Waals surface area contributed by atoms with Gasteiger partial charge in [0.05, 0.1) is 19.5 Å². The first-order valence-corrected chi connectivity index (χ1v) is 6.80. The van der Waals surface area contributed by atoms with Crippen molar-refractivity contribution in [3.63, 3.8) is 0 Å². The number of nitrogens with two attached hydrogens (primary N) is 1. The molecule has 0 aliphatic heterocycles. The van der Waals surface area contributed by atoms with Crippen LogP contribution in [0.1, 0.15) is 16.1 Å². The molecule has 6 nitrogen and oxygen atoms in total. The monoisotopic (exact) mass is 294 g/mol. The van der Waals surface area contributed by atoms with Crippen LogP contribution in [0.4, 0.5) is 5.69 Å². The lowest BCUT2D eigenvalue weighted by Gasteiger charge is -1.99. The lowest BCUT2D eigenvalue weighted by Crippen LogP contribution is -2.17. The number of pyridine rings is 1. The van der Waals surface area contributed by atoms with Crippen molar-refractivity contribution >= 4 is 23.5 Å². The van der Waals surface area contributed by atoms with E-state index in [1.54, 1.807) is 30.5 Å².